The minimum atomic E-state index is -1.04. The Labute approximate surface area is 87.8 Å². The van der Waals surface area contributed by atoms with E-state index in [1.54, 1.807) is 5.48 Å². The first-order valence-corrected chi connectivity index (χ1v) is 4.48. The summed E-state index contributed by atoms with van der Waals surface area (Å²) in [7, 11) is 1.33. The van der Waals surface area contributed by atoms with Gasteiger partial charge in [0.15, 0.2) is 11.6 Å². The van der Waals surface area contributed by atoms with Gasteiger partial charge in [0.1, 0.15) is 5.75 Å². The lowest BCUT2D eigenvalue weighted by atomic mass is 10.2. The highest BCUT2D eigenvalue weighted by molar-refractivity contribution is 9.10. The third-order valence-corrected chi connectivity index (χ3v) is 2.27. The van der Waals surface area contributed by atoms with Crippen molar-refractivity contribution in [3.05, 3.63) is 27.7 Å². The molecule has 1 rings (SSSR count). The maximum atomic E-state index is 13.2. The Hall–Kier alpha value is -0.720. The third-order valence-electron chi connectivity index (χ3n) is 1.68. The molecular weight excluding hydrogens is 260 g/mol. The van der Waals surface area contributed by atoms with Crippen LogP contribution in [0.25, 0.3) is 0 Å². The van der Waals surface area contributed by atoms with Crippen LogP contribution >= 0.6 is 15.9 Å². The zero-order valence-corrected chi connectivity index (χ0v) is 8.86. The fourth-order valence-corrected chi connectivity index (χ4v) is 1.69. The number of methoxy groups -OCH3 is 1. The van der Waals surface area contributed by atoms with Gasteiger partial charge in [0.2, 0.25) is 0 Å². The molecule has 2 N–H and O–H groups in total. The Kier molecular flexibility index (Phi) is 3.79. The molecule has 0 heterocycles. The van der Waals surface area contributed by atoms with E-state index in [4.69, 9.17) is 9.94 Å². The van der Waals surface area contributed by atoms with E-state index in [-0.39, 0.29) is 17.9 Å². The predicted molar refractivity (Wildman–Crippen MR) is 49.2 cm³/mol. The summed E-state index contributed by atoms with van der Waals surface area (Å²) in [6, 6.07) is 0.967. The van der Waals surface area contributed by atoms with Gasteiger partial charge < -0.3 is 9.94 Å². The Morgan fingerprint density at radius 3 is 2.71 bits per heavy atom. The molecule has 0 bridgehead atoms. The van der Waals surface area contributed by atoms with Crippen LogP contribution in [0.15, 0.2) is 10.5 Å². The molecule has 0 radical (unpaired) electrons. The normalized spacial score (nSPS) is 10.4. The number of halogens is 3. The second kappa shape index (κ2) is 4.68. The van der Waals surface area contributed by atoms with Gasteiger partial charge in [-0.15, -0.1) is 0 Å². The highest BCUT2D eigenvalue weighted by atomic mass is 79.9. The van der Waals surface area contributed by atoms with Crippen LogP contribution < -0.4 is 10.2 Å². The van der Waals surface area contributed by atoms with Crippen LogP contribution in [0.2, 0.25) is 0 Å². The molecular formula is C8H8BrF2NO2. The molecule has 0 aliphatic heterocycles. The summed E-state index contributed by atoms with van der Waals surface area (Å²) < 4.78 is 31.3. The highest BCUT2D eigenvalue weighted by Gasteiger charge is 2.17. The van der Waals surface area contributed by atoms with Crippen LogP contribution in [0.4, 0.5) is 8.78 Å². The van der Waals surface area contributed by atoms with E-state index < -0.39 is 11.6 Å². The van der Waals surface area contributed by atoms with Crippen molar-refractivity contribution in [2.45, 2.75) is 6.54 Å². The smallest absolute Gasteiger partial charge is 0.167 e. The van der Waals surface area contributed by atoms with Gasteiger partial charge in [-0.25, -0.2) is 14.3 Å². The van der Waals surface area contributed by atoms with Crippen LogP contribution in [0.1, 0.15) is 5.56 Å². The summed E-state index contributed by atoms with van der Waals surface area (Å²) in [5, 5.41) is 8.44. The van der Waals surface area contributed by atoms with Gasteiger partial charge in [-0.05, 0) is 22.0 Å². The molecule has 0 saturated heterocycles. The number of hydrogen-bond donors (Lipinski definition) is 2. The second-order valence-electron chi connectivity index (χ2n) is 2.50. The fraction of sp³-hybridized carbons (Fsp3) is 0.250. The molecule has 6 heteroatoms. The van der Waals surface area contributed by atoms with E-state index in [1.165, 1.54) is 7.11 Å². The van der Waals surface area contributed by atoms with Crippen LogP contribution in [0.3, 0.4) is 0 Å². The van der Waals surface area contributed by atoms with Crippen molar-refractivity contribution in [3.8, 4) is 5.75 Å². The van der Waals surface area contributed by atoms with Crippen molar-refractivity contribution < 1.29 is 18.7 Å². The van der Waals surface area contributed by atoms with Crippen LogP contribution in [0.5, 0.6) is 5.75 Å². The van der Waals surface area contributed by atoms with E-state index >= 15 is 0 Å². The fourth-order valence-electron chi connectivity index (χ4n) is 1.09. The van der Waals surface area contributed by atoms with Crippen LogP contribution in [0, 0.1) is 11.6 Å². The Balaban J connectivity index is 3.32. The average Bonchev–Trinajstić information content (AvgIpc) is 2.14. The number of hydroxylamine groups is 1. The molecule has 0 amide bonds. The zero-order chi connectivity index (χ0) is 10.7. The SMILES string of the molecule is COc1c(Br)cc(F)c(F)c1CNO. The van der Waals surface area contributed by atoms with Gasteiger partial charge in [-0.2, -0.15) is 0 Å². The molecule has 1 aromatic rings. The third kappa shape index (κ3) is 2.02. The molecule has 0 spiro atoms. The summed E-state index contributed by atoms with van der Waals surface area (Å²) in [4.78, 5) is 0. The second-order valence-corrected chi connectivity index (χ2v) is 3.36. The number of nitrogens with one attached hydrogen (secondary N) is 1. The van der Waals surface area contributed by atoms with Crippen molar-refractivity contribution in [1.29, 1.82) is 0 Å². The lowest BCUT2D eigenvalue weighted by Gasteiger charge is -2.11. The van der Waals surface area contributed by atoms with E-state index in [0.717, 1.165) is 6.07 Å². The number of hydrogen-bond acceptors (Lipinski definition) is 3. The maximum absolute atomic E-state index is 13.2. The number of benzene rings is 1. The first-order valence-electron chi connectivity index (χ1n) is 3.69. The highest BCUT2D eigenvalue weighted by Crippen LogP contribution is 2.32. The van der Waals surface area contributed by atoms with Crippen molar-refractivity contribution in [3.63, 3.8) is 0 Å². The van der Waals surface area contributed by atoms with E-state index in [9.17, 15) is 8.78 Å². The molecule has 0 aliphatic rings. The maximum Gasteiger partial charge on any atom is 0.167 e. The molecule has 14 heavy (non-hydrogen) atoms. The monoisotopic (exact) mass is 267 g/mol. The molecule has 0 saturated carbocycles. The summed E-state index contributed by atoms with van der Waals surface area (Å²) >= 11 is 3.02. The minimum absolute atomic E-state index is 0.0677. The molecule has 78 valence electrons. The van der Waals surface area contributed by atoms with Gasteiger partial charge in [0, 0.05) is 0 Å². The Morgan fingerprint density at radius 2 is 2.21 bits per heavy atom. The average molecular weight is 268 g/mol. The molecule has 0 unspecified atom stereocenters. The molecule has 0 fully saturated rings. The summed E-state index contributed by atoms with van der Waals surface area (Å²) in [6.45, 7) is -0.231. The van der Waals surface area contributed by atoms with Crippen LogP contribution in [-0.2, 0) is 6.54 Å². The van der Waals surface area contributed by atoms with Crippen molar-refractivity contribution in [2.75, 3.05) is 7.11 Å². The quantitative estimate of drug-likeness (QED) is 0.652. The van der Waals surface area contributed by atoms with Crippen molar-refractivity contribution >= 4 is 15.9 Å². The Morgan fingerprint density at radius 1 is 1.57 bits per heavy atom. The van der Waals surface area contributed by atoms with Gasteiger partial charge >= 0.3 is 0 Å². The van der Waals surface area contributed by atoms with Gasteiger partial charge in [0.05, 0.1) is 23.7 Å². The van der Waals surface area contributed by atoms with Gasteiger partial charge in [-0.1, -0.05) is 0 Å². The largest absolute Gasteiger partial charge is 0.495 e. The first kappa shape index (κ1) is 11.4. The number of rotatable bonds is 3. The van der Waals surface area contributed by atoms with Crippen LogP contribution in [-0.4, -0.2) is 12.3 Å². The van der Waals surface area contributed by atoms with Crippen molar-refractivity contribution in [1.82, 2.24) is 5.48 Å². The van der Waals surface area contributed by atoms with Gasteiger partial charge in [-0.3, -0.25) is 0 Å². The number of ether oxygens (including phenoxy) is 1. The minimum Gasteiger partial charge on any atom is -0.495 e. The lowest BCUT2D eigenvalue weighted by molar-refractivity contribution is 0.158. The summed E-state index contributed by atoms with van der Waals surface area (Å²) in [5.41, 5.74) is 1.68. The first-order chi connectivity index (χ1) is 6.61. The topological polar surface area (TPSA) is 41.5 Å². The zero-order valence-electron chi connectivity index (χ0n) is 7.27. The molecule has 0 aromatic heterocycles. The van der Waals surface area contributed by atoms with E-state index in [2.05, 4.69) is 15.9 Å². The standard InChI is InChI=1S/C8H8BrF2NO2/c1-14-8-4(3-12-13)7(11)6(10)2-5(8)9/h2,12-13H,3H2,1H3. The lowest BCUT2D eigenvalue weighted by Crippen LogP contribution is -2.11. The van der Waals surface area contributed by atoms with E-state index in [1.807, 2.05) is 0 Å². The molecule has 0 aliphatic carbocycles. The summed E-state index contributed by atoms with van der Waals surface area (Å²) in [6.07, 6.45) is 0. The van der Waals surface area contributed by atoms with E-state index in [0.29, 0.717) is 4.47 Å². The predicted octanol–water partition coefficient (Wildman–Crippen LogP) is 2.21. The summed E-state index contributed by atoms with van der Waals surface area (Å²) in [5.74, 6) is -1.88. The molecule has 0 atom stereocenters. The van der Waals surface area contributed by atoms with Crippen molar-refractivity contribution in [2.24, 2.45) is 0 Å². The molecule has 3 nitrogen and oxygen atoms in total. The Bertz CT molecular complexity index is 347. The molecule has 1 aromatic carbocycles. The van der Waals surface area contributed by atoms with Gasteiger partial charge in [0.25, 0.3) is 0 Å².